The molecule has 8 nitrogen and oxygen atoms in total. The van der Waals surface area contributed by atoms with E-state index in [0.717, 1.165) is 29.7 Å². The highest BCUT2D eigenvalue weighted by Gasteiger charge is 2.29. The summed E-state index contributed by atoms with van der Waals surface area (Å²) in [6, 6.07) is 11.1. The molecule has 31 heavy (non-hydrogen) atoms. The molecule has 164 valence electrons. The third-order valence-corrected chi connectivity index (χ3v) is 5.63. The number of morpholine rings is 1. The second-order valence-electron chi connectivity index (χ2n) is 7.70. The van der Waals surface area contributed by atoms with Gasteiger partial charge in [0, 0.05) is 26.7 Å². The number of hydrogen-bond donors (Lipinski definition) is 0. The van der Waals surface area contributed by atoms with Crippen LogP contribution in [0.1, 0.15) is 36.3 Å². The number of hydrogen-bond acceptors (Lipinski definition) is 6. The number of carbonyl (C=O) groups is 2. The second kappa shape index (κ2) is 9.45. The summed E-state index contributed by atoms with van der Waals surface area (Å²) in [4.78, 5) is 33.3. The van der Waals surface area contributed by atoms with Crippen molar-refractivity contribution in [3.05, 3.63) is 53.2 Å². The molecule has 1 fully saturated rings. The van der Waals surface area contributed by atoms with Crippen molar-refractivity contribution in [2.24, 2.45) is 0 Å². The Morgan fingerprint density at radius 2 is 2.06 bits per heavy atom. The smallest absolute Gasteiger partial charge is 0.410 e. The van der Waals surface area contributed by atoms with Crippen LogP contribution in [-0.4, -0.2) is 55.3 Å². The van der Waals surface area contributed by atoms with Crippen molar-refractivity contribution in [3.8, 4) is 5.75 Å². The van der Waals surface area contributed by atoms with Gasteiger partial charge in [0.1, 0.15) is 18.2 Å². The molecule has 2 aliphatic heterocycles. The zero-order chi connectivity index (χ0) is 21.8. The van der Waals surface area contributed by atoms with Crippen LogP contribution < -0.4 is 9.64 Å². The summed E-state index contributed by atoms with van der Waals surface area (Å²) in [7, 11) is 1.62. The number of rotatable bonds is 5. The molecular formula is C23H27N3O5. The Bertz CT molecular complexity index is 950. The topological polar surface area (TPSA) is 81.2 Å². The average Bonchev–Trinajstić information content (AvgIpc) is 2.79. The van der Waals surface area contributed by atoms with Crippen molar-refractivity contribution < 1.29 is 23.8 Å². The average molecular weight is 425 g/mol. The van der Waals surface area contributed by atoms with E-state index in [9.17, 15) is 9.59 Å². The number of aryl methyl sites for hydroxylation is 1. The van der Waals surface area contributed by atoms with Gasteiger partial charge in [-0.15, -0.1) is 0 Å². The van der Waals surface area contributed by atoms with Crippen LogP contribution in [0.2, 0.25) is 0 Å². The number of amides is 2. The SMILES string of the molecule is COC(C)c1nc2c(cc1CN1CCOCC1=O)CCCN2C(=O)Oc1ccccc1. The van der Waals surface area contributed by atoms with Gasteiger partial charge in [-0.05, 0) is 49.1 Å². The summed E-state index contributed by atoms with van der Waals surface area (Å²) >= 11 is 0. The third-order valence-electron chi connectivity index (χ3n) is 5.63. The van der Waals surface area contributed by atoms with Gasteiger partial charge in [-0.25, -0.2) is 9.78 Å². The van der Waals surface area contributed by atoms with Crippen LogP contribution in [0.4, 0.5) is 10.6 Å². The van der Waals surface area contributed by atoms with Crippen molar-refractivity contribution in [2.75, 3.05) is 38.3 Å². The Morgan fingerprint density at radius 1 is 1.26 bits per heavy atom. The lowest BCUT2D eigenvalue weighted by Crippen LogP contribution is -2.41. The maximum absolute atomic E-state index is 12.9. The van der Waals surface area contributed by atoms with E-state index in [2.05, 4.69) is 6.07 Å². The monoisotopic (exact) mass is 425 g/mol. The summed E-state index contributed by atoms with van der Waals surface area (Å²) in [5.74, 6) is 1.06. The van der Waals surface area contributed by atoms with E-state index in [-0.39, 0.29) is 18.6 Å². The van der Waals surface area contributed by atoms with E-state index in [1.54, 1.807) is 29.0 Å². The van der Waals surface area contributed by atoms with Gasteiger partial charge >= 0.3 is 6.09 Å². The van der Waals surface area contributed by atoms with E-state index in [0.29, 0.717) is 37.8 Å². The lowest BCUT2D eigenvalue weighted by molar-refractivity contribution is -0.143. The molecule has 1 unspecified atom stereocenters. The number of pyridine rings is 1. The predicted molar refractivity (Wildman–Crippen MR) is 114 cm³/mol. The second-order valence-corrected chi connectivity index (χ2v) is 7.70. The molecule has 1 saturated heterocycles. The third kappa shape index (κ3) is 4.70. The minimum absolute atomic E-state index is 0.0342. The zero-order valence-electron chi connectivity index (χ0n) is 17.9. The van der Waals surface area contributed by atoms with Gasteiger partial charge in [0.15, 0.2) is 0 Å². The number of benzene rings is 1. The molecule has 1 aromatic heterocycles. The first-order valence-corrected chi connectivity index (χ1v) is 10.5. The number of ether oxygens (including phenoxy) is 3. The summed E-state index contributed by atoms with van der Waals surface area (Å²) in [6.07, 6.45) is 0.883. The van der Waals surface area contributed by atoms with E-state index in [1.165, 1.54) is 0 Å². The Hall–Kier alpha value is -2.97. The van der Waals surface area contributed by atoms with Crippen molar-refractivity contribution >= 4 is 17.8 Å². The highest BCUT2D eigenvalue weighted by atomic mass is 16.6. The first-order valence-electron chi connectivity index (χ1n) is 10.5. The Kier molecular flexibility index (Phi) is 6.48. The molecule has 0 bridgehead atoms. The molecule has 1 aromatic carbocycles. The Balaban J connectivity index is 1.64. The molecule has 4 rings (SSSR count). The van der Waals surface area contributed by atoms with Gasteiger partial charge in [0.25, 0.3) is 0 Å². The minimum atomic E-state index is -0.452. The van der Waals surface area contributed by atoms with E-state index < -0.39 is 6.09 Å². The highest BCUT2D eigenvalue weighted by molar-refractivity contribution is 5.89. The number of carbonyl (C=O) groups excluding carboxylic acids is 2. The van der Waals surface area contributed by atoms with Crippen molar-refractivity contribution in [1.82, 2.24) is 9.88 Å². The molecule has 0 spiro atoms. The number of aromatic nitrogens is 1. The molecule has 2 amide bonds. The molecule has 8 heteroatoms. The van der Waals surface area contributed by atoms with Crippen LogP contribution in [0, 0.1) is 0 Å². The molecule has 3 heterocycles. The van der Waals surface area contributed by atoms with Crippen molar-refractivity contribution in [3.63, 3.8) is 0 Å². The summed E-state index contributed by atoms with van der Waals surface area (Å²) in [5.41, 5.74) is 2.63. The molecule has 0 aliphatic carbocycles. The fourth-order valence-corrected chi connectivity index (χ4v) is 3.89. The van der Waals surface area contributed by atoms with Crippen molar-refractivity contribution in [2.45, 2.75) is 32.4 Å². The molecule has 0 N–H and O–H groups in total. The van der Waals surface area contributed by atoms with Crippen LogP contribution in [0.5, 0.6) is 5.75 Å². The van der Waals surface area contributed by atoms with Gasteiger partial charge in [0.05, 0.1) is 18.4 Å². The molecule has 0 radical (unpaired) electrons. The van der Waals surface area contributed by atoms with Crippen LogP contribution in [-0.2, 0) is 27.2 Å². The van der Waals surface area contributed by atoms with Gasteiger partial charge in [-0.3, -0.25) is 9.69 Å². The molecule has 1 atom stereocenters. The fraction of sp³-hybridized carbons (Fsp3) is 0.435. The number of anilines is 1. The predicted octanol–water partition coefficient (Wildman–Crippen LogP) is 3.10. The van der Waals surface area contributed by atoms with Crippen molar-refractivity contribution in [1.29, 1.82) is 0 Å². The molecule has 2 aliphatic rings. The normalized spacial score (nSPS) is 17.3. The molecule has 0 saturated carbocycles. The lowest BCUT2D eigenvalue weighted by atomic mass is 10.00. The van der Waals surface area contributed by atoms with E-state index in [1.807, 2.05) is 25.1 Å². The zero-order valence-corrected chi connectivity index (χ0v) is 17.9. The largest absolute Gasteiger partial charge is 0.420 e. The molecule has 2 aromatic rings. The Labute approximate surface area is 181 Å². The molecular weight excluding hydrogens is 398 g/mol. The first kappa shape index (κ1) is 21.3. The van der Waals surface area contributed by atoms with Gasteiger partial charge in [-0.1, -0.05) is 18.2 Å². The van der Waals surface area contributed by atoms with Crippen LogP contribution in [0.25, 0.3) is 0 Å². The standard InChI is InChI=1S/C23H27N3O5/c1-16(29-2)21-18(14-25-11-12-30-15-20(25)27)13-17-7-6-10-26(22(17)24-21)23(28)31-19-8-4-3-5-9-19/h3-5,8-9,13,16H,6-7,10-12,14-15H2,1-2H3. The number of fused-ring (bicyclic) bond motifs is 1. The quantitative estimate of drug-likeness (QED) is 0.732. The maximum Gasteiger partial charge on any atom is 0.420 e. The maximum atomic E-state index is 12.9. The Morgan fingerprint density at radius 3 is 2.81 bits per heavy atom. The van der Waals surface area contributed by atoms with Crippen LogP contribution >= 0.6 is 0 Å². The van der Waals surface area contributed by atoms with Gasteiger partial charge in [-0.2, -0.15) is 0 Å². The fourth-order valence-electron chi connectivity index (χ4n) is 3.89. The first-order chi connectivity index (χ1) is 15.1. The number of methoxy groups -OCH3 is 1. The van der Waals surface area contributed by atoms with E-state index in [4.69, 9.17) is 19.2 Å². The van der Waals surface area contributed by atoms with Crippen LogP contribution in [0.3, 0.4) is 0 Å². The summed E-state index contributed by atoms with van der Waals surface area (Å²) in [6.45, 7) is 4.07. The minimum Gasteiger partial charge on any atom is -0.410 e. The number of nitrogens with zero attached hydrogens (tertiary/aromatic N) is 3. The van der Waals surface area contributed by atoms with Gasteiger partial charge in [0.2, 0.25) is 5.91 Å². The number of para-hydroxylation sites is 1. The van der Waals surface area contributed by atoms with E-state index >= 15 is 0 Å². The lowest BCUT2D eigenvalue weighted by Gasteiger charge is -2.31. The summed E-state index contributed by atoms with van der Waals surface area (Å²) < 4.78 is 16.3. The van der Waals surface area contributed by atoms with Crippen LogP contribution in [0.15, 0.2) is 36.4 Å². The highest BCUT2D eigenvalue weighted by Crippen LogP contribution is 2.32. The van der Waals surface area contributed by atoms with Gasteiger partial charge < -0.3 is 19.1 Å². The summed E-state index contributed by atoms with van der Waals surface area (Å²) in [5, 5.41) is 0.